The summed E-state index contributed by atoms with van der Waals surface area (Å²) < 4.78 is 0. The molecule has 2 aromatic rings. The molecule has 2 fully saturated rings. The predicted molar refractivity (Wildman–Crippen MR) is 97.4 cm³/mol. The summed E-state index contributed by atoms with van der Waals surface area (Å²) in [4.78, 5) is 19.8. The molecule has 2 atom stereocenters. The van der Waals surface area contributed by atoms with Gasteiger partial charge in [0.05, 0.1) is 5.01 Å². The largest absolute Gasteiger partial charge is 0.334 e. The number of fused-ring (bicyclic) bond motifs is 1. The van der Waals surface area contributed by atoms with Gasteiger partial charge in [0.15, 0.2) is 0 Å². The second kappa shape index (κ2) is 7.06. The molecule has 1 aliphatic heterocycles. The summed E-state index contributed by atoms with van der Waals surface area (Å²) >= 11 is 1.61. The van der Waals surface area contributed by atoms with Crippen molar-refractivity contribution in [2.75, 3.05) is 6.54 Å². The average molecular weight is 340 g/mol. The number of carbonyl (C=O) groups excluding carboxylic acids is 1. The third-order valence-electron chi connectivity index (χ3n) is 5.47. The molecule has 1 saturated carbocycles. The van der Waals surface area contributed by atoms with Gasteiger partial charge in [-0.3, -0.25) is 4.79 Å². The summed E-state index contributed by atoms with van der Waals surface area (Å²) in [7, 11) is 0. The molecule has 4 heteroatoms. The van der Waals surface area contributed by atoms with Gasteiger partial charge in [0.1, 0.15) is 5.69 Å². The summed E-state index contributed by atoms with van der Waals surface area (Å²) in [6, 6.07) is 10.8. The van der Waals surface area contributed by atoms with E-state index in [0.29, 0.717) is 11.7 Å². The van der Waals surface area contributed by atoms with Crippen LogP contribution in [-0.2, 0) is 6.42 Å². The minimum atomic E-state index is 0.155. The third-order valence-corrected chi connectivity index (χ3v) is 6.32. The standard InChI is InChI=1S/C20H24N2OS/c23-20(22-12-6-10-16-9-4-5-11-18(16)22)17-14-24-19(21-17)13-15-7-2-1-3-8-15/h1-3,7-8,14,16,18H,4-6,9-13H2. The van der Waals surface area contributed by atoms with Crippen LogP contribution in [0.3, 0.4) is 0 Å². The third kappa shape index (κ3) is 3.25. The number of carbonyl (C=O) groups is 1. The van der Waals surface area contributed by atoms with Crippen molar-refractivity contribution in [3.8, 4) is 0 Å². The Morgan fingerprint density at radius 1 is 1.12 bits per heavy atom. The molecule has 0 radical (unpaired) electrons. The summed E-state index contributed by atoms with van der Waals surface area (Å²) in [5.74, 6) is 0.876. The Kier molecular flexibility index (Phi) is 4.65. The maximum atomic E-state index is 13.0. The van der Waals surface area contributed by atoms with Crippen molar-refractivity contribution in [1.29, 1.82) is 0 Å². The van der Waals surface area contributed by atoms with Gasteiger partial charge in [-0.25, -0.2) is 4.98 Å². The van der Waals surface area contributed by atoms with Crippen LogP contribution in [0, 0.1) is 5.92 Å². The number of amides is 1. The minimum absolute atomic E-state index is 0.155. The van der Waals surface area contributed by atoms with E-state index in [2.05, 4.69) is 22.0 Å². The average Bonchev–Trinajstić information content (AvgIpc) is 3.10. The van der Waals surface area contributed by atoms with Crippen LogP contribution in [0.1, 0.15) is 59.6 Å². The lowest BCUT2D eigenvalue weighted by atomic mass is 9.78. The number of aromatic nitrogens is 1. The van der Waals surface area contributed by atoms with E-state index in [0.717, 1.165) is 30.3 Å². The van der Waals surface area contributed by atoms with Crippen LogP contribution in [0.15, 0.2) is 35.7 Å². The maximum absolute atomic E-state index is 13.0. The Bertz CT molecular complexity index is 695. The summed E-state index contributed by atoms with van der Waals surface area (Å²) in [6.45, 7) is 0.908. The molecule has 2 unspecified atom stereocenters. The normalized spacial score (nSPS) is 23.8. The van der Waals surface area contributed by atoms with Gasteiger partial charge in [0.25, 0.3) is 5.91 Å². The van der Waals surface area contributed by atoms with Crippen molar-refractivity contribution in [2.45, 2.75) is 51.0 Å². The van der Waals surface area contributed by atoms with Crippen molar-refractivity contribution in [2.24, 2.45) is 5.92 Å². The fourth-order valence-electron chi connectivity index (χ4n) is 4.28. The molecule has 24 heavy (non-hydrogen) atoms. The summed E-state index contributed by atoms with van der Waals surface area (Å²) in [5.41, 5.74) is 1.90. The molecule has 0 N–H and O–H groups in total. The van der Waals surface area contributed by atoms with Gasteiger partial charge in [0.2, 0.25) is 0 Å². The number of thiazole rings is 1. The van der Waals surface area contributed by atoms with Crippen LogP contribution in [0.5, 0.6) is 0 Å². The molecule has 2 aliphatic rings. The first-order valence-electron chi connectivity index (χ1n) is 9.10. The van der Waals surface area contributed by atoms with E-state index in [4.69, 9.17) is 0 Å². The quantitative estimate of drug-likeness (QED) is 0.822. The number of nitrogens with zero attached hydrogens (tertiary/aromatic N) is 2. The Morgan fingerprint density at radius 2 is 1.92 bits per heavy atom. The molecule has 1 aromatic heterocycles. The van der Waals surface area contributed by atoms with Crippen LogP contribution >= 0.6 is 11.3 Å². The van der Waals surface area contributed by atoms with Crippen LogP contribution in [0.2, 0.25) is 0 Å². The van der Waals surface area contributed by atoms with E-state index >= 15 is 0 Å². The predicted octanol–water partition coefficient (Wildman–Crippen LogP) is 4.53. The lowest BCUT2D eigenvalue weighted by molar-refractivity contribution is 0.0386. The SMILES string of the molecule is O=C(c1csc(Cc2ccccc2)n1)N1CCCC2CCCCC21. The molecule has 1 aromatic carbocycles. The highest BCUT2D eigenvalue weighted by molar-refractivity contribution is 7.09. The number of benzene rings is 1. The van der Waals surface area contributed by atoms with Crippen LogP contribution in [0.4, 0.5) is 0 Å². The Morgan fingerprint density at radius 3 is 2.79 bits per heavy atom. The van der Waals surface area contributed by atoms with E-state index < -0.39 is 0 Å². The number of hydrogen-bond acceptors (Lipinski definition) is 3. The molecular weight excluding hydrogens is 316 g/mol. The highest BCUT2D eigenvalue weighted by Gasteiger charge is 2.36. The second-order valence-corrected chi connectivity index (χ2v) is 7.98. The monoisotopic (exact) mass is 340 g/mol. The van der Waals surface area contributed by atoms with Crippen molar-refractivity contribution >= 4 is 17.2 Å². The lowest BCUT2D eigenvalue weighted by Gasteiger charge is -2.43. The molecule has 0 spiro atoms. The molecule has 1 amide bonds. The molecule has 0 bridgehead atoms. The maximum Gasteiger partial charge on any atom is 0.273 e. The zero-order chi connectivity index (χ0) is 16.4. The number of likely N-dealkylation sites (tertiary alicyclic amines) is 1. The molecule has 3 nitrogen and oxygen atoms in total. The smallest absolute Gasteiger partial charge is 0.273 e. The summed E-state index contributed by atoms with van der Waals surface area (Å²) in [5, 5.41) is 2.98. The highest BCUT2D eigenvalue weighted by atomic mass is 32.1. The zero-order valence-electron chi connectivity index (χ0n) is 14.0. The minimum Gasteiger partial charge on any atom is -0.334 e. The van der Waals surface area contributed by atoms with Crippen molar-refractivity contribution in [3.05, 3.63) is 52.0 Å². The number of piperidine rings is 1. The number of hydrogen-bond donors (Lipinski definition) is 0. The van der Waals surface area contributed by atoms with E-state index in [1.165, 1.54) is 37.7 Å². The first kappa shape index (κ1) is 15.8. The van der Waals surface area contributed by atoms with E-state index in [1.54, 1.807) is 11.3 Å². The van der Waals surface area contributed by atoms with Gasteiger partial charge in [-0.1, -0.05) is 43.2 Å². The van der Waals surface area contributed by atoms with Gasteiger partial charge in [-0.05, 0) is 37.2 Å². The Balaban J connectivity index is 1.48. The van der Waals surface area contributed by atoms with Crippen LogP contribution < -0.4 is 0 Å². The van der Waals surface area contributed by atoms with E-state index in [9.17, 15) is 4.79 Å². The topological polar surface area (TPSA) is 33.2 Å². The van der Waals surface area contributed by atoms with Crippen LogP contribution in [-0.4, -0.2) is 28.4 Å². The molecular formula is C20H24N2OS. The fraction of sp³-hybridized carbons (Fsp3) is 0.500. The first-order valence-corrected chi connectivity index (χ1v) is 9.98. The van der Waals surface area contributed by atoms with Gasteiger partial charge in [-0.2, -0.15) is 0 Å². The van der Waals surface area contributed by atoms with Crippen molar-refractivity contribution < 1.29 is 4.79 Å². The lowest BCUT2D eigenvalue weighted by Crippen LogP contribution is -2.49. The summed E-state index contributed by atoms with van der Waals surface area (Å²) in [6.07, 6.45) is 8.33. The van der Waals surface area contributed by atoms with Gasteiger partial charge in [0, 0.05) is 24.4 Å². The number of rotatable bonds is 3. The fourth-order valence-corrected chi connectivity index (χ4v) is 5.09. The Hall–Kier alpha value is -1.68. The van der Waals surface area contributed by atoms with Gasteiger partial charge >= 0.3 is 0 Å². The van der Waals surface area contributed by atoms with Crippen molar-refractivity contribution in [1.82, 2.24) is 9.88 Å². The second-order valence-electron chi connectivity index (χ2n) is 7.04. The van der Waals surface area contributed by atoms with E-state index in [1.807, 2.05) is 23.6 Å². The van der Waals surface area contributed by atoms with Crippen molar-refractivity contribution in [3.63, 3.8) is 0 Å². The highest BCUT2D eigenvalue weighted by Crippen LogP contribution is 2.36. The zero-order valence-corrected chi connectivity index (χ0v) is 14.8. The molecule has 1 saturated heterocycles. The van der Waals surface area contributed by atoms with Gasteiger partial charge in [-0.15, -0.1) is 11.3 Å². The molecule has 4 rings (SSSR count). The van der Waals surface area contributed by atoms with Gasteiger partial charge < -0.3 is 4.90 Å². The molecule has 126 valence electrons. The Labute approximate surface area is 147 Å². The first-order chi connectivity index (χ1) is 11.8. The van der Waals surface area contributed by atoms with Crippen LogP contribution in [0.25, 0.3) is 0 Å². The van der Waals surface area contributed by atoms with E-state index in [-0.39, 0.29) is 5.91 Å². The molecule has 1 aliphatic carbocycles. The molecule has 2 heterocycles.